The molecule has 2 aromatic carbocycles. The van der Waals surface area contributed by atoms with Gasteiger partial charge in [-0.25, -0.2) is 9.97 Å². The zero-order valence-corrected chi connectivity index (χ0v) is 16.7. The summed E-state index contributed by atoms with van der Waals surface area (Å²) in [7, 11) is 0. The number of hydrogen-bond donors (Lipinski definition) is 1. The van der Waals surface area contributed by atoms with E-state index >= 15 is 0 Å². The Labute approximate surface area is 169 Å². The third kappa shape index (κ3) is 4.61. The van der Waals surface area contributed by atoms with Crippen LogP contribution in [0.15, 0.2) is 64.5 Å². The summed E-state index contributed by atoms with van der Waals surface area (Å²) in [4.78, 5) is 13.1. The van der Waals surface area contributed by atoms with Crippen molar-refractivity contribution in [1.82, 2.24) is 15.3 Å². The summed E-state index contributed by atoms with van der Waals surface area (Å²) < 4.78 is 0. The Bertz CT molecular complexity index is 906. The van der Waals surface area contributed by atoms with E-state index in [-0.39, 0.29) is 0 Å². The first-order valence-corrected chi connectivity index (χ1v) is 10.2. The number of rotatable bonds is 4. The van der Waals surface area contributed by atoms with E-state index < -0.39 is 0 Å². The van der Waals surface area contributed by atoms with Gasteiger partial charge in [-0.1, -0.05) is 53.2 Å². The van der Waals surface area contributed by atoms with Crippen LogP contribution in [0.4, 0.5) is 5.82 Å². The van der Waals surface area contributed by atoms with Crippen LogP contribution in [-0.2, 0) is 0 Å². The van der Waals surface area contributed by atoms with Crippen molar-refractivity contribution in [2.75, 3.05) is 31.1 Å². The maximum atomic E-state index is 6.01. The van der Waals surface area contributed by atoms with E-state index in [0.717, 1.165) is 58.3 Å². The van der Waals surface area contributed by atoms with Gasteiger partial charge in [0.05, 0.1) is 0 Å². The number of piperazine rings is 1. The second-order valence-electron chi connectivity index (χ2n) is 6.55. The fourth-order valence-corrected chi connectivity index (χ4v) is 3.91. The molecule has 0 amide bonds. The van der Waals surface area contributed by atoms with Crippen molar-refractivity contribution >= 4 is 29.2 Å². The quantitative estimate of drug-likeness (QED) is 0.649. The van der Waals surface area contributed by atoms with Crippen LogP contribution in [0.1, 0.15) is 5.56 Å². The van der Waals surface area contributed by atoms with Gasteiger partial charge in [-0.3, -0.25) is 0 Å². The van der Waals surface area contributed by atoms with Crippen LogP contribution in [0.25, 0.3) is 11.4 Å². The third-order valence-electron chi connectivity index (χ3n) is 4.48. The molecule has 4 nitrogen and oxygen atoms in total. The molecular formula is C21H21ClN4S. The van der Waals surface area contributed by atoms with E-state index in [1.807, 2.05) is 24.3 Å². The molecule has 0 spiro atoms. The SMILES string of the molecule is Cc1ccc(-c2nc(Sc3ccc(Cl)cc3)cc(N3CCNCC3)n2)cc1. The average Bonchev–Trinajstić information content (AvgIpc) is 2.71. The van der Waals surface area contributed by atoms with Crippen LogP contribution in [0, 0.1) is 6.92 Å². The molecule has 1 fully saturated rings. The van der Waals surface area contributed by atoms with Gasteiger partial charge in [0.15, 0.2) is 5.82 Å². The summed E-state index contributed by atoms with van der Waals surface area (Å²) in [5.41, 5.74) is 2.27. The molecule has 0 atom stereocenters. The average molecular weight is 397 g/mol. The molecule has 6 heteroatoms. The van der Waals surface area contributed by atoms with Crippen molar-refractivity contribution in [3.63, 3.8) is 0 Å². The smallest absolute Gasteiger partial charge is 0.162 e. The van der Waals surface area contributed by atoms with Crippen molar-refractivity contribution in [3.05, 3.63) is 65.2 Å². The lowest BCUT2D eigenvalue weighted by molar-refractivity contribution is 0.584. The fourth-order valence-electron chi connectivity index (χ4n) is 2.98. The molecule has 1 aliphatic rings. The van der Waals surface area contributed by atoms with Gasteiger partial charge in [0.25, 0.3) is 0 Å². The summed E-state index contributed by atoms with van der Waals surface area (Å²) in [5, 5.41) is 5.07. The second kappa shape index (κ2) is 8.30. The monoisotopic (exact) mass is 396 g/mol. The molecule has 3 aromatic rings. The Morgan fingerprint density at radius 2 is 1.67 bits per heavy atom. The summed E-state index contributed by atoms with van der Waals surface area (Å²) in [6, 6.07) is 18.3. The van der Waals surface area contributed by atoms with Gasteiger partial charge < -0.3 is 10.2 Å². The minimum Gasteiger partial charge on any atom is -0.354 e. The Hall–Kier alpha value is -2.08. The zero-order valence-electron chi connectivity index (χ0n) is 15.2. The van der Waals surface area contributed by atoms with Crippen LogP contribution in [0.2, 0.25) is 5.02 Å². The molecule has 0 saturated carbocycles. The topological polar surface area (TPSA) is 41.1 Å². The van der Waals surface area contributed by atoms with Gasteiger partial charge in [-0.15, -0.1) is 0 Å². The molecule has 138 valence electrons. The molecule has 0 unspecified atom stereocenters. The Morgan fingerprint density at radius 3 is 2.37 bits per heavy atom. The van der Waals surface area contributed by atoms with E-state index in [1.165, 1.54) is 5.56 Å². The summed E-state index contributed by atoms with van der Waals surface area (Å²) in [5.74, 6) is 1.75. The first kappa shape index (κ1) is 18.3. The van der Waals surface area contributed by atoms with Crippen molar-refractivity contribution in [1.29, 1.82) is 0 Å². The molecule has 0 radical (unpaired) electrons. The molecule has 1 aliphatic heterocycles. The number of nitrogens with one attached hydrogen (secondary N) is 1. The largest absolute Gasteiger partial charge is 0.354 e. The van der Waals surface area contributed by atoms with Gasteiger partial charge in [-0.2, -0.15) is 0 Å². The number of benzene rings is 2. The summed E-state index contributed by atoms with van der Waals surface area (Å²) >= 11 is 7.65. The van der Waals surface area contributed by atoms with Crippen molar-refractivity contribution in [2.45, 2.75) is 16.8 Å². The first-order valence-electron chi connectivity index (χ1n) is 9.02. The lowest BCUT2D eigenvalue weighted by Crippen LogP contribution is -2.44. The maximum Gasteiger partial charge on any atom is 0.162 e. The molecule has 4 rings (SSSR count). The van der Waals surface area contributed by atoms with Crippen molar-refractivity contribution in [3.8, 4) is 11.4 Å². The molecule has 0 bridgehead atoms. The van der Waals surface area contributed by atoms with Crippen LogP contribution in [-0.4, -0.2) is 36.1 Å². The number of hydrogen-bond acceptors (Lipinski definition) is 5. The number of aromatic nitrogens is 2. The molecule has 1 N–H and O–H groups in total. The summed E-state index contributed by atoms with van der Waals surface area (Å²) in [6.45, 7) is 5.95. The van der Waals surface area contributed by atoms with Gasteiger partial charge in [0, 0.05) is 47.7 Å². The summed E-state index contributed by atoms with van der Waals surface area (Å²) in [6.07, 6.45) is 0. The highest BCUT2D eigenvalue weighted by Crippen LogP contribution is 2.31. The van der Waals surface area contributed by atoms with Crippen molar-refractivity contribution in [2.24, 2.45) is 0 Å². The fraction of sp³-hybridized carbons (Fsp3) is 0.238. The predicted octanol–water partition coefficient (Wildman–Crippen LogP) is 4.67. The Morgan fingerprint density at radius 1 is 0.963 bits per heavy atom. The molecule has 1 aromatic heterocycles. The van der Waals surface area contributed by atoms with Crippen LogP contribution in [0.3, 0.4) is 0 Å². The van der Waals surface area contributed by atoms with Gasteiger partial charge >= 0.3 is 0 Å². The minimum atomic E-state index is 0.740. The third-order valence-corrected chi connectivity index (χ3v) is 5.65. The van der Waals surface area contributed by atoms with Crippen molar-refractivity contribution < 1.29 is 0 Å². The number of nitrogens with zero attached hydrogens (tertiary/aromatic N) is 3. The lowest BCUT2D eigenvalue weighted by Gasteiger charge is -2.28. The second-order valence-corrected chi connectivity index (χ2v) is 8.08. The normalized spacial score (nSPS) is 14.4. The molecule has 0 aliphatic carbocycles. The van der Waals surface area contributed by atoms with E-state index in [9.17, 15) is 0 Å². The lowest BCUT2D eigenvalue weighted by atomic mass is 10.1. The van der Waals surface area contributed by atoms with Gasteiger partial charge in [0.1, 0.15) is 10.8 Å². The molecule has 2 heterocycles. The van der Waals surface area contributed by atoms with Crippen LogP contribution in [0.5, 0.6) is 0 Å². The zero-order chi connectivity index (χ0) is 18.6. The highest BCUT2D eigenvalue weighted by Gasteiger charge is 2.16. The molecule has 27 heavy (non-hydrogen) atoms. The van der Waals surface area contributed by atoms with E-state index in [0.29, 0.717) is 0 Å². The number of anilines is 1. The molecular weight excluding hydrogens is 376 g/mol. The number of aryl methyl sites for hydroxylation is 1. The predicted molar refractivity (Wildman–Crippen MR) is 113 cm³/mol. The highest BCUT2D eigenvalue weighted by molar-refractivity contribution is 7.99. The Balaban J connectivity index is 1.71. The van der Waals surface area contributed by atoms with Gasteiger partial charge in [-0.05, 0) is 31.2 Å². The van der Waals surface area contributed by atoms with Gasteiger partial charge in [0.2, 0.25) is 0 Å². The molecule has 1 saturated heterocycles. The standard InChI is InChI=1S/C21H21ClN4S/c1-15-2-4-16(5-3-15)21-24-19(26-12-10-23-11-13-26)14-20(25-21)27-18-8-6-17(22)7-9-18/h2-9,14,23H,10-13H2,1H3. The minimum absolute atomic E-state index is 0.740. The van der Waals surface area contributed by atoms with E-state index in [1.54, 1.807) is 11.8 Å². The maximum absolute atomic E-state index is 6.01. The first-order chi connectivity index (χ1) is 13.2. The van der Waals surface area contributed by atoms with Crippen LogP contribution >= 0.6 is 23.4 Å². The van der Waals surface area contributed by atoms with Crippen LogP contribution < -0.4 is 10.2 Å². The Kier molecular flexibility index (Phi) is 5.62. The highest BCUT2D eigenvalue weighted by atomic mass is 35.5. The van der Waals surface area contributed by atoms with E-state index in [2.05, 4.69) is 47.5 Å². The van der Waals surface area contributed by atoms with E-state index in [4.69, 9.17) is 21.6 Å². The number of halogens is 1.